The van der Waals surface area contributed by atoms with E-state index in [1.165, 1.54) is 6.07 Å². The van der Waals surface area contributed by atoms with Crippen molar-refractivity contribution in [3.8, 4) is 0 Å². The SMILES string of the molecule is CCN(C)CCNC(=O)c1cc(C(=O)O)co1. The molecule has 2 N–H and O–H groups in total. The molecule has 0 saturated heterocycles. The van der Waals surface area contributed by atoms with E-state index in [1.807, 2.05) is 18.9 Å². The number of hydrogen-bond acceptors (Lipinski definition) is 4. The largest absolute Gasteiger partial charge is 0.478 e. The third-order valence-electron chi connectivity index (χ3n) is 2.39. The standard InChI is InChI=1S/C11H16N2O4/c1-3-13(2)5-4-12-10(14)9-6-8(7-17-9)11(15)16/h6-7H,3-5H2,1-2H3,(H,12,14)(H,15,16). The number of nitrogens with zero attached hydrogens (tertiary/aromatic N) is 1. The third kappa shape index (κ3) is 3.92. The molecule has 0 bridgehead atoms. The van der Waals surface area contributed by atoms with Gasteiger partial charge in [0, 0.05) is 19.2 Å². The summed E-state index contributed by atoms with van der Waals surface area (Å²) in [5.74, 6) is -1.50. The van der Waals surface area contributed by atoms with Crippen LogP contribution >= 0.6 is 0 Å². The van der Waals surface area contributed by atoms with Crippen LogP contribution in [0.4, 0.5) is 0 Å². The second kappa shape index (κ2) is 6.05. The van der Waals surface area contributed by atoms with Gasteiger partial charge in [0.1, 0.15) is 6.26 Å². The molecule has 1 heterocycles. The Kier molecular flexibility index (Phi) is 4.71. The predicted octanol–water partition coefficient (Wildman–Crippen LogP) is 0.659. The summed E-state index contributed by atoms with van der Waals surface area (Å²) in [5.41, 5.74) is -0.0270. The van der Waals surface area contributed by atoms with Gasteiger partial charge in [-0.2, -0.15) is 0 Å². The summed E-state index contributed by atoms with van der Waals surface area (Å²) in [4.78, 5) is 24.2. The molecule has 94 valence electrons. The summed E-state index contributed by atoms with van der Waals surface area (Å²) in [7, 11) is 1.95. The molecular formula is C11H16N2O4. The molecule has 0 aliphatic carbocycles. The highest BCUT2D eigenvalue weighted by Crippen LogP contribution is 2.07. The van der Waals surface area contributed by atoms with E-state index < -0.39 is 11.9 Å². The van der Waals surface area contributed by atoms with Crippen molar-refractivity contribution in [2.45, 2.75) is 6.92 Å². The minimum Gasteiger partial charge on any atom is -0.478 e. The van der Waals surface area contributed by atoms with E-state index in [0.29, 0.717) is 6.54 Å². The van der Waals surface area contributed by atoms with Crippen LogP contribution in [0.5, 0.6) is 0 Å². The van der Waals surface area contributed by atoms with E-state index in [2.05, 4.69) is 5.32 Å². The quantitative estimate of drug-likeness (QED) is 0.763. The first-order valence-corrected chi connectivity index (χ1v) is 5.33. The fourth-order valence-corrected chi connectivity index (χ4v) is 1.17. The molecule has 17 heavy (non-hydrogen) atoms. The van der Waals surface area contributed by atoms with Gasteiger partial charge in [-0.3, -0.25) is 4.79 Å². The summed E-state index contributed by atoms with van der Waals surface area (Å²) < 4.78 is 4.87. The maximum Gasteiger partial charge on any atom is 0.338 e. The average molecular weight is 240 g/mol. The van der Waals surface area contributed by atoms with E-state index in [0.717, 1.165) is 19.4 Å². The number of rotatable bonds is 6. The fourth-order valence-electron chi connectivity index (χ4n) is 1.17. The number of likely N-dealkylation sites (N-methyl/N-ethyl adjacent to an activating group) is 1. The number of amides is 1. The summed E-state index contributed by atoms with van der Waals surface area (Å²) in [6, 6.07) is 1.21. The zero-order chi connectivity index (χ0) is 12.8. The first-order chi connectivity index (χ1) is 8.04. The fraction of sp³-hybridized carbons (Fsp3) is 0.455. The molecule has 0 spiro atoms. The van der Waals surface area contributed by atoms with Crippen LogP contribution in [0.15, 0.2) is 16.7 Å². The molecule has 1 aromatic rings. The molecule has 0 aromatic carbocycles. The number of carboxylic acid groups (broad SMARTS) is 1. The topological polar surface area (TPSA) is 82.8 Å². The molecule has 0 saturated carbocycles. The van der Waals surface area contributed by atoms with Gasteiger partial charge < -0.3 is 19.7 Å². The van der Waals surface area contributed by atoms with Gasteiger partial charge in [0.15, 0.2) is 5.76 Å². The molecule has 6 heteroatoms. The van der Waals surface area contributed by atoms with Crippen LogP contribution in [-0.4, -0.2) is 48.6 Å². The van der Waals surface area contributed by atoms with Crippen molar-refractivity contribution in [2.24, 2.45) is 0 Å². The summed E-state index contributed by atoms with van der Waals surface area (Å²) in [6.07, 6.45) is 1.05. The Morgan fingerprint density at radius 3 is 2.76 bits per heavy atom. The second-order valence-corrected chi connectivity index (χ2v) is 3.66. The predicted molar refractivity (Wildman–Crippen MR) is 61.2 cm³/mol. The van der Waals surface area contributed by atoms with E-state index in [1.54, 1.807) is 0 Å². The average Bonchev–Trinajstić information content (AvgIpc) is 2.78. The molecule has 6 nitrogen and oxygen atoms in total. The van der Waals surface area contributed by atoms with Crippen molar-refractivity contribution < 1.29 is 19.1 Å². The Hall–Kier alpha value is -1.82. The maximum absolute atomic E-state index is 11.5. The minimum absolute atomic E-state index is 0.0153. The van der Waals surface area contributed by atoms with Gasteiger partial charge in [-0.1, -0.05) is 6.92 Å². The lowest BCUT2D eigenvalue weighted by molar-refractivity contribution is 0.0696. The van der Waals surface area contributed by atoms with E-state index in [-0.39, 0.29) is 11.3 Å². The number of furan rings is 1. The van der Waals surface area contributed by atoms with Gasteiger partial charge in [0.25, 0.3) is 5.91 Å². The smallest absolute Gasteiger partial charge is 0.338 e. The van der Waals surface area contributed by atoms with Crippen LogP contribution in [-0.2, 0) is 0 Å². The lowest BCUT2D eigenvalue weighted by Gasteiger charge is -2.13. The van der Waals surface area contributed by atoms with Crippen LogP contribution in [0.25, 0.3) is 0 Å². The van der Waals surface area contributed by atoms with Crippen LogP contribution in [0.1, 0.15) is 27.8 Å². The molecule has 0 aliphatic rings. The van der Waals surface area contributed by atoms with Crippen molar-refractivity contribution >= 4 is 11.9 Å². The number of carbonyl (C=O) groups is 2. The molecule has 1 aromatic heterocycles. The van der Waals surface area contributed by atoms with Gasteiger partial charge in [0.2, 0.25) is 0 Å². The first-order valence-electron chi connectivity index (χ1n) is 5.33. The highest BCUT2D eigenvalue weighted by atomic mass is 16.4. The summed E-state index contributed by atoms with van der Waals surface area (Å²) in [5, 5.41) is 11.3. The van der Waals surface area contributed by atoms with Crippen molar-refractivity contribution in [3.63, 3.8) is 0 Å². The van der Waals surface area contributed by atoms with Crippen molar-refractivity contribution in [2.75, 3.05) is 26.7 Å². The van der Waals surface area contributed by atoms with Gasteiger partial charge in [-0.15, -0.1) is 0 Å². The Bertz CT molecular complexity index is 400. The van der Waals surface area contributed by atoms with E-state index >= 15 is 0 Å². The molecule has 1 amide bonds. The van der Waals surface area contributed by atoms with E-state index in [9.17, 15) is 9.59 Å². The van der Waals surface area contributed by atoms with Gasteiger partial charge in [-0.25, -0.2) is 4.79 Å². The highest BCUT2D eigenvalue weighted by molar-refractivity contribution is 5.95. The molecule has 0 unspecified atom stereocenters. The summed E-state index contributed by atoms with van der Waals surface area (Å²) in [6.45, 7) is 4.15. The van der Waals surface area contributed by atoms with E-state index in [4.69, 9.17) is 9.52 Å². The number of hydrogen-bond donors (Lipinski definition) is 2. The molecule has 0 atom stereocenters. The lowest BCUT2D eigenvalue weighted by Crippen LogP contribution is -2.32. The molecule has 0 radical (unpaired) electrons. The molecule has 0 aliphatic heterocycles. The number of carbonyl (C=O) groups excluding carboxylic acids is 1. The number of carboxylic acids is 1. The maximum atomic E-state index is 11.5. The van der Waals surface area contributed by atoms with Crippen molar-refractivity contribution in [3.05, 3.63) is 23.7 Å². The number of aromatic carboxylic acids is 1. The Balaban J connectivity index is 2.44. The lowest BCUT2D eigenvalue weighted by atomic mass is 10.3. The van der Waals surface area contributed by atoms with Crippen LogP contribution in [0, 0.1) is 0 Å². The van der Waals surface area contributed by atoms with Crippen molar-refractivity contribution in [1.29, 1.82) is 0 Å². The minimum atomic E-state index is -1.11. The zero-order valence-corrected chi connectivity index (χ0v) is 9.90. The van der Waals surface area contributed by atoms with Crippen LogP contribution in [0.2, 0.25) is 0 Å². The molecular weight excluding hydrogens is 224 g/mol. The Morgan fingerprint density at radius 1 is 1.53 bits per heavy atom. The molecule has 0 fully saturated rings. The normalized spacial score (nSPS) is 10.5. The monoisotopic (exact) mass is 240 g/mol. The summed E-state index contributed by atoms with van der Waals surface area (Å²) >= 11 is 0. The van der Waals surface area contributed by atoms with Gasteiger partial charge >= 0.3 is 5.97 Å². The highest BCUT2D eigenvalue weighted by Gasteiger charge is 2.13. The second-order valence-electron chi connectivity index (χ2n) is 3.66. The van der Waals surface area contributed by atoms with Gasteiger partial charge in [0.05, 0.1) is 5.56 Å². The van der Waals surface area contributed by atoms with Crippen LogP contribution < -0.4 is 5.32 Å². The third-order valence-corrected chi connectivity index (χ3v) is 2.39. The zero-order valence-electron chi connectivity index (χ0n) is 9.90. The number of nitrogens with one attached hydrogen (secondary N) is 1. The van der Waals surface area contributed by atoms with Crippen LogP contribution in [0.3, 0.4) is 0 Å². The first kappa shape index (κ1) is 13.2. The molecule has 1 rings (SSSR count). The van der Waals surface area contributed by atoms with Gasteiger partial charge in [-0.05, 0) is 13.6 Å². The van der Waals surface area contributed by atoms with Crippen molar-refractivity contribution in [1.82, 2.24) is 10.2 Å². The Labute approximate surface area is 99.2 Å². The Morgan fingerprint density at radius 2 is 2.24 bits per heavy atom.